The Morgan fingerprint density at radius 2 is 0.458 bits per heavy atom. The second-order valence-electron chi connectivity index (χ2n) is 16.4. The maximum absolute atomic E-state index is 5.80. The maximum atomic E-state index is 5.80. The molecule has 0 aliphatic rings. The van der Waals surface area contributed by atoms with Crippen molar-refractivity contribution >= 4 is 0 Å². The third-order valence-corrected chi connectivity index (χ3v) is 8.94. The Morgan fingerprint density at radius 1 is 0.250 bits per heavy atom. The highest BCUT2D eigenvalue weighted by Crippen LogP contribution is 2.13. The predicted molar refractivity (Wildman–Crippen MR) is 214 cm³/mol. The van der Waals surface area contributed by atoms with E-state index in [2.05, 4.69) is 62.8 Å². The predicted octanol–water partition coefficient (Wildman–Crippen LogP) is 10.3. The summed E-state index contributed by atoms with van der Waals surface area (Å²) in [6, 6.07) is 0. The summed E-state index contributed by atoms with van der Waals surface area (Å²) in [6.45, 7) is 23.8. The van der Waals surface area contributed by atoms with Crippen LogP contribution in [-0.2, 0) is 9.47 Å². The minimum atomic E-state index is -0.0109. The van der Waals surface area contributed by atoms with Crippen LogP contribution < -0.4 is 21.3 Å². The standard InChI is InChI=1S/C42H90N4O2/c1-41(2,3)47-39-27-23-19-15-11-10-14-18-22-25-32-44-35-28-34-43-31-24-20-16-12-8-7-9-13-17-21-26-33-45-36-29-37-46-38-30-40-48-42(4,5)6/h43-46H,7-40H2,1-6H3. The van der Waals surface area contributed by atoms with Crippen molar-refractivity contribution in [3.63, 3.8) is 0 Å². The number of hydrogen-bond donors (Lipinski definition) is 4. The van der Waals surface area contributed by atoms with Gasteiger partial charge in [0, 0.05) is 13.2 Å². The molecule has 290 valence electrons. The van der Waals surface area contributed by atoms with Crippen molar-refractivity contribution in [3.05, 3.63) is 0 Å². The van der Waals surface area contributed by atoms with Gasteiger partial charge in [-0.2, -0.15) is 0 Å². The highest BCUT2D eigenvalue weighted by atomic mass is 16.5. The van der Waals surface area contributed by atoms with Gasteiger partial charge in [-0.3, -0.25) is 0 Å². The van der Waals surface area contributed by atoms with E-state index in [0.29, 0.717) is 0 Å². The molecule has 0 radical (unpaired) electrons. The molecule has 0 heterocycles. The first kappa shape index (κ1) is 47.8. The summed E-state index contributed by atoms with van der Waals surface area (Å²) in [5, 5.41) is 14.4. The van der Waals surface area contributed by atoms with Crippen LogP contribution in [0.15, 0.2) is 0 Å². The normalized spacial score (nSPS) is 12.4. The minimum Gasteiger partial charge on any atom is -0.376 e. The monoisotopic (exact) mass is 683 g/mol. The van der Waals surface area contributed by atoms with Crippen LogP contribution in [0, 0.1) is 0 Å². The van der Waals surface area contributed by atoms with Gasteiger partial charge in [-0.25, -0.2) is 0 Å². The first-order valence-electron chi connectivity index (χ1n) is 21.3. The molecule has 0 saturated carbocycles. The Kier molecular flexibility index (Phi) is 36.4. The summed E-state index contributed by atoms with van der Waals surface area (Å²) in [7, 11) is 0. The molecule has 0 aliphatic carbocycles. The first-order chi connectivity index (χ1) is 23.2. The van der Waals surface area contributed by atoms with E-state index in [1.54, 1.807) is 0 Å². The van der Waals surface area contributed by atoms with Gasteiger partial charge in [-0.05, 0) is 139 Å². The van der Waals surface area contributed by atoms with E-state index in [1.807, 2.05) is 0 Å². The van der Waals surface area contributed by atoms with Crippen LogP contribution in [0.5, 0.6) is 0 Å². The summed E-state index contributed by atoms with van der Waals surface area (Å²) < 4.78 is 11.5. The third-order valence-electron chi connectivity index (χ3n) is 8.94. The molecule has 0 amide bonds. The molecular formula is C42H90N4O2. The molecule has 4 N–H and O–H groups in total. The van der Waals surface area contributed by atoms with E-state index >= 15 is 0 Å². The van der Waals surface area contributed by atoms with Crippen LogP contribution in [0.4, 0.5) is 0 Å². The van der Waals surface area contributed by atoms with Gasteiger partial charge in [0.25, 0.3) is 0 Å². The Balaban J connectivity index is 3.07. The molecule has 0 aromatic carbocycles. The van der Waals surface area contributed by atoms with E-state index in [0.717, 1.165) is 45.8 Å². The SMILES string of the molecule is CC(C)(C)OCCCCCCCCCCCCNCCCNCCCCCCCCCCCCCNCCCNCCCOC(C)(C)C. The number of nitrogens with one attached hydrogen (secondary N) is 4. The highest BCUT2D eigenvalue weighted by Gasteiger charge is 2.09. The molecule has 0 aliphatic heterocycles. The van der Waals surface area contributed by atoms with Crippen LogP contribution in [0.1, 0.15) is 196 Å². The summed E-state index contributed by atoms with van der Waals surface area (Å²) in [5.74, 6) is 0. The van der Waals surface area contributed by atoms with Crippen molar-refractivity contribution < 1.29 is 9.47 Å². The molecule has 0 saturated heterocycles. The molecule has 0 bridgehead atoms. The molecule has 0 aromatic rings. The van der Waals surface area contributed by atoms with Crippen LogP contribution in [0.25, 0.3) is 0 Å². The van der Waals surface area contributed by atoms with Crippen LogP contribution >= 0.6 is 0 Å². The zero-order valence-electron chi connectivity index (χ0n) is 33.9. The average Bonchev–Trinajstić information content (AvgIpc) is 3.02. The van der Waals surface area contributed by atoms with Crippen molar-refractivity contribution in [1.82, 2.24) is 21.3 Å². The van der Waals surface area contributed by atoms with E-state index in [4.69, 9.17) is 9.47 Å². The van der Waals surface area contributed by atoms with Crippen molar-refractivity contribution in [2.24, 2.45) is 0 Å². The van der Waals surface area contributed by atoms with Crippen LogP contribution in [0.2, 0.25) is 0 Å². The van der Waals surface area contributed by atoms with Crippen molar-refractivity contribution in [3.8, 4) is 0 Å². The van der Waals surface area contributed by atoms with Gasteiger partial charge >= 0.3 is 0 Å². The molecule has 6 heteroatoms. The van der Waals surface area contributed by atoms with Gasteiger partial charge < -0.3 is 30.7 Å². The van der Waals surface area contributed by atoms with Gasteiger partial charge in [-0.1, -0.05) is 109 Å². The van der Waals surface area contributed by atoms with Gasteiger partial charge in [0.2, 0.25) is 0 Å². The lowest BCUT2D eigenvalue weighted by molar-refractivity contribution is -0.00487. The van der Waals surface area contributed by atoms with Crippen molar-refractivity contribution in [2.45, 2.75) is 207 Å². The van der Waals surface area contributed by atoms with E-state index in [1.165, 1.54) is 174 Å². The van der Waals surface area contributed by atoms with Crippen LogP contribution in [0.3, 0.4) is 0 Å². The van der Waals surface area contributed by atoms with Gasteiger partial charge in [0.05, 0.1) is 11.2 Å². The fourth-order valence-corrected chi connectivity index (χ4v) is 5.99. The topological polar surface area (TPSA) is 66.6 Å². The lowest BCUT2D eigenvalue weighted by Gasteiger charge is -2.19. The summed E-state index contributed by atoms with van der Waals surface area (Å²) in [6.07, 6.45) is 32.8. The first-order valence-corrected chi connectivity index (χ1v) is 21.3. The molecule has 0 spiro atoms. The van der Waals surface area contributed by atoms with Crippen molar-refractivity contribution in [2.75, 3.05) is 65.6 Å². The van der Waals surface area contributed by atoms with Gasteiger partial charge in [0.1, 0.15) is 0 Å². The second-order valence-corrected chi connectivity index (χ2v) is 16.4. The number of unbranched alkanes of at least 4 members (excludes halogenated alkanes) is 19. The fourth-order valence-electron chi connectivity index (χ4n) is 5.99. The lowest BCUT2D eigenvalue weighted by Crippen LogP contribution is -2.25. The Morgan fingerprint density at radius 3 is 0.750 bits per heavy atom. The molecule has 0 unspecified atom stereocenters. The van der Waals surface area contributed by atoms with Gasteiger partial charge in [0.15, 0.2) is 0 Å². The second kappa shape index (κ2) is 36.5. The van der Waals surface area contributed by atoms with E-state index in [9.17, 15) is 0 Å². The summed E-state index contributed by atoms with van der Waals surface area (Å²) >= 11 is 0. The highest BCUT2D eigenvalue weighted by molar-refractivity contribution is 4.60. The quantitative estimate of drug-likeness (QED) is 0.0484. The van der Waals surface area contributed by atoms with E-state index < -0.39 is 0 Å². The summed E-state index contributed by atoms with van der Waals surface area (Å²) in [5.41, 5.74) is 0.0101. The average molecular weight is 683 g/mol. The van der Waals surface area contributed by atoms with E-state index in [-0.39, 0.29) is 11.2 Å². The third kappa shape index (κ3) is 45.8. The zero-order valence-corrected chi connectivity index (χ0v) is 33.9. The zero-order chi connectivity index (χ0) is 35.3. The number of rotatable bonds is 39. The molecule has 0 atom stereocenters. The van der Waals surface area contributed by atoms with Gasteiger partial charge in [-0.15, -0.1) is 0 Å². The maximum Gasteiger partial charge on any atom is 0.0598 e. The molecular weight excluding hydrogens is 592 g/mol. The summed E-state index contributed by atoms with van der Waals surface area (Å²) in [4.78, 5) is 0. The smallest absolute Gasteiger partial charge is 0.0598 e. The molecule has 0 aromatic heterocycles. The molecule has 6 nitrogen and oxygen atoms in total. The minimum absolute atomic E-state index is 0.0109. The molecule has 0 fully saturated rings. The lowest BCUT2D eigenvalue weighted by atomic mass is 10.1. The Hall–Kier alpha value is -0.240. The Bertz CT molecular complexity index is 553. The number of ether oxygens (including phenoxy) is 2. The number of hydrogen-bond acceptors (Lipinski definition) is 6. The van der Waals surface area contributed by atoms with Crippen molar-refractivity contribution in [1.29, 1.82) is 0 Å². The molecule has 0 rings (SSSR count). The Labute approximate surface area is 302 Å². The van der Waals surface area contributed by atoms with Crippen LogP contribution in [-0.4, -0.2) is 76.8 Å². The largest absolute Gasteiger partial charge is 0.376 e. The molecule has 48 heavy (non-hydrogen) atoms. The fraction of sp³-hybridized carbons (Fsp3) is 1.00.